The number of carbonyl (C=O) groups is 1. The number of benzene rings is 3. The predicted octanol–water partition coefficient (Wildman–Crippen LogP) is 6.49. The van der Waals surface area contributed by atoms with Gasteiger partial charge in [-0.2, -0.15) is 0 Å². The Hall–Kier alpha value is -3.28. The van der Waals surface area contributed by atoms with Crippen molar-refractivity contribution in [3.63, 3.8) is 0 Å². The number of anilines is 1. The number of amides is 1. The first-order chi connectivity index (χ1) is 15.3. The molecule has 4 rings (SSSR count). The monoisotopic (exact) mass is 441 g/mol. The van der Waals surface area contributed by atoms with E-state index in [0.717, 1.165) is 27.9 Å². The van der Waals surface area contributed by atoms with Gasteiger partial charge in [0.25, 0.3) is 5.91 Å². The van der Waals surface area contributed by atoms with E-state index in [9.17, 15) is 4.79 Å². The lowest BCUT2D eigenvalue weighted by molar-refractivity contribution is 0.102. The summed E-state index contributed by atoms with van der Waals surface area (Å²) in [6, 6.07) is 24.3. The minimum Gasteiger partial charge on any atom is -0.326 e. The highest BCUT2D eigenvalue weighted by atomic mass is 32.1. The summed E-state index contributed by atoms with van der Waals surface area (Å²) >= 11 is 1.42. The molecule has 1 heterocycles. The highest BCUT2D eigenvalue weighted by Crippen LogP contribution is 2.29. The van der Waals surface area contributed by atoms with Crippen molar-refractivity contribution >= 4 is 22.4 Å². The molecule has 0 radical (unpaired) electrons. The molecule has 0 aliphatic heterocycles. The number of nitrogens with two attached hydrogens (primary N) is 1. The molecule has 0 fully saturated rings. The quantitative estimate of drug-likeness (QED) is 0.372. The topological polar surface area (TPSA) is 68.0 Å². The largest absolute Gasteiger partial charge is 0.326 e. The van der Waals surface area contributed by atoms with Gasteiger partial charge in [0.2, 0.25) is 0 Å². The SMILES string of the molecule is CC(C)(C)c1ccc(C(=O)Nc2nc(-c3cccc(-c4ccc(CN)cc4)c3)cs2)cc1. The van der Waals surface area contributed by atoms with Crippen LogP contribution in [0.5, 0.6) is 0 Å². The van der Waals surface area contributed by atoms with Crippen molar-refractivity contribution in [2.45, 2.75) is 32.7 Å². The van der Waals surface area contributed by atoms with Crippen LogP contribution in [0.2, 0.25) is 0 Å². The maximum Gasteiger partial charge on any atom is 0.257 e. The summed E-state index contributed by atoms with van der Waals surface area (Å²) < 4.78 is 0. The molecule has 0 spiro atoms. The molecule has 0 aliphatic carbocycles. The zero-order chi connectivity index (χ0) is 22.7. The van der Waals surface area contributed by atoms with Crippen molar-refractivity contribution in [2.75, 3.05) is 5.32 Å². The summed E-state index contributed by atoms with van der Waals surface area (Å²) in [6.45, 7) is 7.00. The van der Waals surface area contributed by atoms with E-state index in [-0.39, 0.29) is 11.3 Å². The van der Waals surface area contributed by atoms with Gasteiger partial charge in [-0.3, -0.25) is 10.1 Å². The molecule has 3 aromatic carbocycles. The molecule has 0 atom stereocenters. The van der Waals surface area contributed by atoms with Crippen molar-refractivity contribution in [1.29, 1.82) is 0 Å². The molecule has 5 heteroatoms. The Labute approximate surface area is 193 Å². The minimum absolute atomic E-state index is 0.0558. The fraction of sp³-hybridized carbons (Fsp3) is 0.185. The normalized spacial score (nSPS) is 11.4. The molecule has 0 saturated heterocycles. The highest BCUT2D eigenvalue weighted by molar-refractivity contribution is 7.14. The number of nitrogens with one attached hydrogen (secondary N) is 1. The third-order valence-corrected chi connectivity index (χ3v) is 6.18. The van der Waals surface area contributed by atoms with E-state index in [2.05, 4.69) is 55.3 Å². The lowest BCUT2D eigenvalue weighted by Crippen LogP contribution is -2.14. The Morgan fingerprint density at radius 1 is 0.938 bits per heavy atom. The lowest BCUT2D eigenvalue weighted by atomic mass is 9.87. The van der Waals surface area contributed by atoms with Gasteiger partial charge in [-0.15, -0.1) is 11.3 Å². The minimum atomic E-state index is -0.153. The van der Waals surface area contributed by atoms with Gasteiger partial charge >= 0.3 is 0 Å². The molecular weight excluding hydrogens is 414 g/mol. The molecule has 1 aromatic heterocycles. The Balaban J connectivity index is 1.49. The van der Waals surface area contributed by atoms with E-state index in [1.807, 2.05) is 53.9 Å². The summed E-state index contributed by atoms with van der Waals surface area (Å²) in [6.07, 6.45) is 0. The second-order valence-corrected chi connectivity index (χ2v) is 9.66. The molecule has 1 amide bonds. The molecular formula is C27H27N3OS. The van der Waals surface area contributed by atoms with E-state index >= 15 is 0 Å². The fourth-order valence-corrected chi connectivity index (χ4v) is 4.16. The average molecular weight is 442 g/mol. The van der Waals surface area contributed by atoms with E-state index in [1.54, 1.807) is 0 Å². The molecule has 4 aromatic rings. The number of hydrogen-bond donors (Lipinski definition) is 2. The van der Waals surface area contributed by atoms with Crippen molar-refractivity contribution < 1.29 is 4.79 Å². The van der Waals surface area contributed by atoms with Gasteiger partial charge in [0.15, 0.2) is 5.13 Å². The van der Waals surface area contributed by atoms with Crippen LogP contribution < -0.4 is 11.1 Å². The van der Waals surface area contributed by atoms with Crippen LogP contribution in [-0.2, 0) is 12.0 Å². The molecule has 0 aliphatic rings. The van der Waals surface area contributed by atoms with E-state index in [4.69, 9.17) is 5.73 Å². The second-order valence-electron chi connectivity index (χ2n) is 8.80. The Kier molecular flexibility index (Phi) is 6.21. The number of carbonyl (C=O) groups excluding carboxylic acids is 1. The third kappa shape index (κ3) is 4.96. The van der Waals surface area contributed by atoms with Crippen LogP contribution in [-0.4, -0.2) is 10.9 Å². The van der Waals surface area contributed by atoms with Gasteiger partial charge < -0.3 is 5.73 Å². The second kappa shape index (κ2) is 9.07. The lowest BCUT2D eigenvalue weighted by Gasteiger charge is -2.18. The smallest absolute Gasteiger partial charge is 0.257 e. The van der Waals surface area contributed by atoms with Crippen LogP contribution in [0.4, 0.5) is 5.13 Å². The van der Waals surface area contributed by atoms with Gasteiger partial charge in [-0.05, 0) is 45.9 Å². The summed E-state index contributed by atoms with van der Waals surface area (Å²) in [5.74, 6) is -0.153. The van der Waals surface area contributed by atoms with Gasteiger partial charge in [0, 0.05) is 23.1 Å². The highest BCUT2D eigenvalue weighted by Gasteiger charge is 2.15. The molecule has 32 heavy (non-hydrogen) atoms. The van der Waals surface area contributed by atoms with Gasteiger partial charge in [-0.1, -0.05) is 75.4 Å². The zero-order valence-electron chi connectivity index (χ0n) is 18.6. The molecule has 3 N–H and O–H groups in total. The third-order valence-electron chi connectivity index (χ3n) is 5.42. The van der Waals surface area contributed by atoms with Crippen LogP contribution in [0.1, 0.15) is 42.3 Å². The molecule has 0 saturated carbocycles. The van der Waals surface area contributed by atoms with Crippen molar-refractivity contribution in [3.05, 3.63) is 94.9 Å². The summed E-state index contributed by atoms with van der Waals surface area (Å²) in [4.78, 5) is 17.3. The maximum absolute atomic E-state index is 12.7. The zero-order valence-corrected chi connectivity index (χ0v) is 19.4. The Bertz CT molecular complexity index is 1220. The van der Waals surface area contributed by atoms with E-state index in [0.29, 0.717) is 17.2 Å². The van der Waals surface area contributed by atoms with Gasteiger partial charge in [-0.25, -0.2) is 4.98 Å². The van der Waals surface area contributed by atoms with E-state index in [1.165, 1.54) is 16.9 Å². The summed E-state index contributed by atoms with van der Waals surface area (Å²) in [5.41, 5.74) is 12.8. The van der Waals surface area contributed by atoms with Crippen molar-refractivity contribution in [1.82, 2.24) is 4.98 Å². The van der Waals surface area contributed by atoms with Gasteiger partial charge in [0.1, 0.15) is 0 Å². The number of aromatic nitrogens is 1. The molecule has 0 bridgehead atoms. The standard InChI is InChI=1S/C27H27N3OS/c1-27(2,3)23-13-11-20(12-14-23)25(31)30-26-29-24(17-32-26)22-6-4-5-21(15-22)19-9-7-18(16-28)8-10-19/h4-15,17H,16,28H2,1-3H3,(H,29,30,31). The Morgan fingerprint density at radius 2 is 1.62 bits per heavy atom. The molecule has 0 unspecified atom stereocenters. The molecule has 4 nitrogen and oxygen atoms in total. The van der Waals surface area contributed by atoms with Crippen molar-refractivity contribution in [3.8, 4) is 22.4 Å². The maximum atomic E-state index is 12.7. The van der Waals surface area contributed by atoms with E-state index < -0.39 is 0 Å². The predicted molar refractivity (Wildman–Crippen MR) is 134 cm³/mol. The van der Waals surface area contributed by atoms with Gasteiger partial charge in [0.05, 0.1) is 5.69 Å². The number of rotatable bonds is 5. The average Bonchev–Trinajstić information content (AvgIpc) is 3.27. The van der Waals surface area contributed by atoms with Crippen LogP contribution in [0.3, 0.4) is 0 Å². The van der Waals surface area contributed by atoms with Crippen LogP contribution in [0.25, 0.3) is 22.4 Å². The first-order valence-corrected chi connectivity index (χ1v) is 11.5. The first kappa shape index (κ1) is 21.9. The Morgan fingerprint density at radius 3 is 2.28 bits per heavy atom. The number of nitrogens with zero attached hydrogens (tertiary/aromatic N) is 1. The number of thiazole rings is 1. The van der Waals surface area contributed by atoms with Crippen LogP contribution >= 0.6 is 11.3 Å². The summed E-state index contributed by atoms with van der Waals surface area (Å²) in [7, 11) is 0. The van der Waals surface area contributed by atoms with Crippen LogP contribution in [0.15, 0.2) is 78.2 Å². The first-order valence-electron chi connectivity index (χ1n) is 10.6. The fourth-order valence-electron chi connectivity index (χ4n) is 3.45. The van der Waals surface area contributed by atoms with Crippen LogP contribution in [0, 0.1) is 0 Å². The molecule has 162 valence electrons. The number of hydrogen-bond acceptors (Lipinski definition) is 4. The summed E-state index contributed by atoms with van der Waals surface area (Å²) in [5, 5.41) is 5.48. The van der Waals surface area contributed by atoms with Crippen molar-refractivity contribution in [2.24, 2.45) is 5.73 Å².